The van der Waals surface area contributed by atoms with Crippen LogP contribution in [0.5, 0.6) is 11.5 Å². The molecule has 0 saturated heterocycles. The second kappa shape index (κ2) is 6.02. The lowest BCUT2D eigenvalue weighted by Crippen LogP contribution is -2.13. The van der Waals surface area contributed by atoms with Crippen LogP contribution in [0.4, 0.5) is 0 Å². The summed E-state index contributed by atoms with van der Waals surface area (Å²) in [4.78, 5) is 22.1. The van der Waals surface area contributed by atoms with E-state index < -0.39 is 11.8 Å². The van der Waals surface area contributed by atoms with Crippen molar-refractivity contribution >= 4 is 11.8 Å². The molecule has 0 amide bonds. The van der Waals surface area contributed by atoms with Crippen molar-refractivity contribution in [1.82, 2.24) is 0 Å². The number of aliphatic carboxylic acids is 1. The van der Waals surface area contributed by atoms with Gasteiger partial charge in [0.1, 0.15) is 11.5 Å². The van der Waals surface area contributed by atoms with Crippen molar-refractivity contribution in [3.05, 3.63) is 23.3 Å². The SMILES string of the molecule is COCc1c(OC)cc(C(=O)C(=O)O)cc1OC. The number of carbonyl (C=O) groups is 2. The highest BCUT2D eigenvalue weighted by atomic mass is 16.5. The Bertz CT molecular complexity index is 441. The Hall–Kier alpha value is -2.08. The summed E-state index contributed by atoms with van der Waals surface area (Å²) in [7, 11) is 4.35. The van der Waals surface area contributed by atoms with E-state index in [2.05, 4.69) is 0 Å². The molecule has 1 aromatic rings. The molecule has 0 bridgehead atoms. The fourth-order valence-electron chi connectivity index (χ4n) is 1.53. The molecule has 6 heteroatoms. The van der Waals surface area contributed by atoms with Gasteiger partial charge < -0.3 is 19.3 Å². The Kier molecular flexibility index (Phi) is 4.67. The van der Waals surface area contributed by atoms with E-state index >= 15 is 0 Å². The van der Waals surface area contributed by atoms with Gasteiger partial charge in [-0.05, 0) is 12.1 Å². The maximum atomic E-state index is 11.4. The zero-order chi connectivity index (χ0) is 13.7. The zero-order valence-corrected chi connectivity index (χ0v) is 10.4. The highest BCUT2D eigenvalue weighted by molar-refractivity contribution is 6.40. The molecule has 1 rings (SSSR count). The van der Waals surface area contributed by atoms with Gasteiger partial charge in [0, 0.05) is 12.7 Å². The van der Waals surface area contributed by atoms with Gasteiger partial charge in [0.2, 0.25) is 0 Å². The molecule has 0 atom stereocenters. The van der Waals surface area contributed by atoms with Crippen molar-refractivity contribution in [1.29, 1.82) is 0 Å². The molecule has 0 unspecified atom stereocenters. The Morgan fingerprint density at radius 2 is 1.61 bits per heavy atom. The van der Waals surface area contributed by atoms with Crippen LogP contribution in [0.15, 0.2) is 12.1 Å². The van der Waals surface area contributed by atoms with Crippen molar-refractivity contribution in [2.75, 3.05) is 21.3 Å². The monoisotopic (exact) mass is 254 g/mol. The minimum atomic E-state index is -1.53. The summed E-state index contributed by atoms with van der Waals surface area (Å²) in [6.45, 7) is 0.230. The molecule has 0 heterocycles. The Morgan fingerprint density at radius 1 is 1.11 bits per heavy atom. The van der Waals surface area contributed by atoms with E-state index in [1.807, 2.05) is 0 Å². The van der Waals surface area contributed by atoms with Gasteiger partial charge in [0.15, 0.2) is 0 Å². The van der Waals surface area contributed by atoms with E-state index in [1.165, 1.54) is 33.5 Å². The topological polar surface area (TPSA) is 82.1 Å². The standard InChI is InChI=1S/C12H14O6/c1-16-6-8-9(17-2)4-7(5-10(8)18-3)11(13)12(14)15/h4-5H,6H2,1-3H3,(H,14,15). The fourth-order valence-corrected chi connectivity index (χ4v) is 1.53. The van der Waals surface area contributed by atoms with E-state index in [-0.39, 0.29) is 12.2 Å². The second-order valence-corrected chi connectivity index (χ2v) is 3.43. The molecule has 1 aromatic carbocycles. The smallest absolute Gasteiger partial charge is 0.377 e. The third-order valence-corrected chi connectivity index (χ3v) is 2.35. The number of carbonyl (C=O) groups excluding carboxylic acids is 1. The normalized spacial score (nSPS) is 9.94. The van der Waals surface area contributed by atoms with Crippen LogP contribution >= 0.6 is 0 Å². The molecule has 18 heavy (non-hydrogen) atoms. The van der Waals surface area contributed by atoms with E-state index in [9.17, 15) is 9.59 Å². The molecule has 6 nitrogen and oxygen atoms in total. The van der Waals surface area contributed by atoms with Crippen LogP contribution in [0.3, 0.4) is 0 Å². The Labute approximate surface area is 104 Å². The first-order valence-electron chi connectivity index (χ1n) is 5.06. The van der Waals surface area contributed by atoms with Gasteiger partial charge in [-0.25, -0.2) is 4.79 Å². The van der Waals surface area contributed by atoms with Gasteiger partial charge in [0.25, 0.3) is 5.78 Å². The number of ketones is 1. The minimum Gasteiger partial charge on any atom is -0.496 e. The molecule has 98 valence electrons. The molecule has 1 N–H and O–H groups in total. The Morgan fingerprint density at radius 3 is 1.94 bits per heavy atom. The van der Waals surface area contributed by atoms with E-state index in [0.29, 0.717) is 17.1 Å². The number of benzene rings is 1. The number of carboxylic acid groups (broad SMARTS) is 1. The number of Topliss-reactive ketones (excluding diaryl/α,β-unsaturated/α-hetero) is 1. The third kappa shape index (κ3) is 2.78. The quantitative estimate of drug-likeness (QED) is 0.605. The summed E-state index contributed by atoms with van der Waals surface area (Å²) in [5, 5.41) is 8.68. The first-order valence-corrected chi connectivity index (χ1v) is 5.06. The van der Waals surface area contributed by atoms with Crippen LogP contribution in [0, 0.1) is 0 Å². The van der Waals surface area contributed by atoms with Crippen LogP contribution < -0.4 is 9.47 Å². The van der Waals surface area contributed by atoms with Crippen LogP contribution in [0.1, 0.15) is 15.9 Å². The molecular formula is C12H14O6. The second-order valence-electron chi connectivity index (χ2n) is 3.43. The van der Waals surface area contributed by atoms with Gasteiger partial charge in [0.05, 0.1) is 26.4 Å². The average molecular weight is 254 g/mol. The van der Waals surface area contributed by atoms with Crippen molar-refractivity contribution in [2.24, 2.45) is 0 Å². The van der Waals surface area contributed by atoms with Crippen LogP contribution in [-0.4, -0.2) is 38.2 Å². The maximum Gasteiger partial charge on any atom is 0.377 e. The predicted octanol–water partition coefficient (Wildman–Crippen LogP) is 1.12. The summed E-state index contributed by atoms with van der Waals surface area (Å²) in [6.07, 6.45) is 0. The lowest BCUT2D eigenvalue weighted by atomic mass is 10.1. The molecule has 0 aliphatic rings. The predicted molar refractivity (Wildman–Crippen MR) is 62.2 cm³/mol. The largest absolute Gasteiger partial charge is 0.496 e. The van der Waals surface area contributed by atoms with E-state index in [1.54, 1.807) is 0 Å². The lowest BCUT2D eigenvalue weighted by molar-refractivity contribution is -0.131. The third-order valence-electron chi connectivity index (χ3n) is 2.35. The number of rotatable bonds is 6. The summed E-state index contributed by atoms with van der Waals surface area (Å²) < 4.78 is 15.2. The first kappa shape index (κ1) is 14.0. The maximum absolute atomic E-state index is 11.4. The number of hydrogen-bond donors (Lipinski definition) is 1. The molecule has 0 fully saturated rings. The van der Waals surface area contributed by atoms with Gasteiger partial charge in [-0.1, -0.05) is 0 Å². The fraction of sp³-hybridized carbons (Fsp3) is 0.333. The van der Waals surface area contributed by atoms with Gasteiger partial charge >= 0.3 is 5.97 Å². The first-order chi connectivity index (χ1) is 8.54. The highest BCUT2D eigenvalue weighted by Gasteiger charge is 2.20. The number of hydrogen-bond acceptors (Lipinski definition) is 5. The molecular weight excluding hydrogens is 240 g/mol. The molecule has 0 aliphatic heterocycles. The zero-order valence-electron chi connectivity index (χ0n) is 10.4. The van der Waals surface area contributed by atoms with Crippen LogP contribution in [0.25, 0.3) is 0 Å². The van der Waals surface area contributed by atoms with Crippen molar-refractivity contribution in [3.8, 4) is 11.5 Å². The summed E-state index contributed by atoms with van der Waals surface area (Å²) >= 11 is 0. The van der Waals surface area contributed by atoms with E-state index in [4.69, 9.17) is 19.3 Å². The molecule has 0 saturated carbocycles. The van der Waals surface area contributed by atoms with Crippen LogP contribution in [0.2, 0.25) is 0 Å². The highest BCUT2D eigenvalue weighted by Crippen LogP contribution is 2.31. The summed E-state index contributed by atoms with van der Waals surface area (Å²) in [5.74, 6) is -1.85. The van der Waals surface area contributed by atoms with Crippen molar-refractivity contribution in [2.45, 2.75) is 6.61 Å². The minimum absolute atomic E-state index is 0.00365. The number of carboxylic acids is 1. The van der Waals surface area contributed by atoms with Gasteiger partial charge in [-0.15, -0.1) is 0 Å². The summed E-state index contributed by atoms with van der Waals surface area (Å²) in [6, 6.07) is 2.71. The Balaban J connectivity index is 3.34. The van der Waals surface area contributed by atoms with Crippen molar-refractivity contribution in [3.63, 3.8) is 0 Å². The van der Waals surface area contributed by atoms with Crippen LogP contribution in [-0.2, 0) is 16.1 Å². The average Bonchev–Trinajstić information content (AvgIpc) is 2.38. The molecule has 0 spiro atoms. The molecule has 0 aliphatic carbocycles. The number of ether oxygens (including phenoxy) is 3. The van der Waals surface area contributed by atoms with Crippen molar-refractivity contribution < 1.29 is 28.9 Å². The van der Waals surface area contributed by atoms with Gasteiger partial charge in [-0.2, -0.15) is 0 Å². The molecule has 0 radical (unpaired) electrons. The molecule has 0 aromatic heterocycles. The summed E-state index contributed by atoms with van der Waals surface area (Å²) in [5.41, 5.74) is 0.612. The number of methoxy groups -OCH3 is 3. The van der Waals surface area contributed by atoms with Gasteiger partial charge in [-0.3, -0.25) is 4.79 Å². The lowest BCUT2D eigenvalue weighted by Gasteiger charge is -2.13. The van der Waals surface area contributed by atoms with E-state index in [0.717, 1.165) is 0 Å².